The highest BCUT2D eigenvalue weighted by Gasteiger charge is 2.20. The number of aryl methyl sites for hydroxylation is 1. The predicted molar refractivity (Wildman–Crippen MR) is 74.3 cm³/mol. The van der Waals surface area contributed by atoms with Crippen molar-refractivity contribution in [2.45, 2.75) is 31.7 Å². The van der Waals surface area contributed by atoms with Crippen molar-refractivity contribution in [3.05, 3.63) is 18.0 Å². The van der Waals surface area contributed by atoms with Crippen LogP contribution in [0.25, 0.3) is 0 Å². The monoisotopic (exact) mass is 286 g/mol. The van der Waals surface area contributed by atoms with Gasteiger partial charge in [0.15, 0.2) is 0 Å². The fraction of sp³-hybridized carbons (Fsp3) is 0.750. The van der Waals surface area contributed by atoms with Gasteiger partial charge in [0.25, 0.3) is 0 Å². The second-order valence-corrected chi connectivity index (χ2v) is 6.95. The van der Waals surface area contributed by atoms with Crippen LogP contribution in [-0.4, -0.2) is 43.1 Å². The molecular weight excluding hydrogens is 264 g/mol. The van der Waals surface area contributed by atoms with Crippen molar-refractivity contribution in [3.8, 4) is 0 Å². The van der Waals surface area contributed by atoms with Gasteiger partial charge in [0, 0.05) is 32.3 Å². The van der Waals surface area contributed by atoms with E-state index in [9.17, 15) is 8.42 Å². The minimum Gasteiger partial charge on any atom is -0.314 e. The molecule has 0 spiro atoms. The lowest BCUT2D eigenvalue weighted by Crippen LogP contribution is -2.30. The number of nitrogens with zero attached hydrogens (tertiary/aromatic N) is 2. The summed E-state index contributed by atoms with van der Waals surface area (Å²) in [6.07, 6.45) is 5.60. The third-order valence-corrected chi connectivity index (χ3v) is 4.54. The standard InChI is InChI=1S/C12H22N4O2S/c1-16-9-6-12(15-16)5-8-14-19(17,18)10-2-7-13-11-3-4-11/h6,9,11,13-14H,2-5,7-8,10H2,1H3. The van der Waals surface area contributed by atoms with E-state index in [0.717, 1.165) is 12.2 Å². The molecule has 108 valence electrons. The molecule has 0 amide bonds. The molecule has 0 unspecified atom stereocenters. The molecule has 1 aliphatic rings. The molecule has 0 atom stereocenters. The highest BCUT2D eigenvalue weighted by molar-refractivity contribution is 7.89. The first-order valence-corrected chi connectivity index (χ1v) is 8.40. The smallest absolute Gasteiger partial charge is 0.211 e. The van der Waals surface area contributed by atoms with Gasteiger partial charge in [-0.25, -0.2) is 13.1 Å². The average Bonchev–Trinajstić information content (AvgIpc) is 3.08. The van der Waals surface area contributed by atoms with E-state index in [0.29, 0.717) is 25.4 Å². The van der Waals surface area contributed by atoms with Gasteiger partial charge in [-0.1, -0.05) is 0 Å². The molecule has 6 nitrogen and oxygen atoms in total. The molecule has 0 saturated heterocycles. The van der Waals surface area contributed by atoms with Gasteiger partial charge in [0.2, 0.25) is 10.0 Å². The lowest BCUT2D eigenvalue weighted by Gasteiger charge is -2.06. The molecular formula is C12H22N4O2S. The Hall–Kier alpha value is -0.920. The first-order chi connectivity index (χ1) is 9.05. The fourth-order valence-electron chi connectivity index (χ4n) is 1.86. The van der Waals surface area contributed by atoms with E-state index in [-0.39, 0.29) is 5.75 Å². The van der Waals surface area contributed by atoms with Crippen LogP contribution in [0, 0.1) is 0 Å². The number of hydrogen-bond acceptors (Lipinski definition) is 4. The van der Waals surface area contributed by atoms with Gasteiger partial charge in [-0.3, -0.25) is 4.68 Å². The zero-order valence-electron chi connectivity index (χ0n) is 11.3. The van der Waals surface area contributed by atoms with Crippen LogP contribution in [0.4, 0.5) is 0 Å². The number of hydrogen-bond donors (Lipinski definition) is 2. The highest BCUT2D eigenvalue weighted by Crippen LogP contribution is 2.18. The summed E-state index contributed by atoms with van der Waals surface area (Å²) in [5.74, 6) is 0.189. The molecule has 1 fully saturated rings. The van der Waals surface area contributed by atoms with Gasteiger partial charge in [-0.15, -0.1) is 0 Å². The average molecular weight is 286 g/mol. The molecule has 1 saturated carbocycles. The van der Waals surface area contributed by atoms with Gasteiger partial charge in [-0.05, 0) is 31.9 Å². The fourth-order valence-corrected chi connectivity index (χ4v) is 2.94. The van der Waals surface area contributed by atoms with Crippen molar-refractivity contribution in [3.63, 3.8) is 0 Å². The molecule has 1 aromatic rings. The maximum Gasteiger partial charge on any atom is 0.211 e. The Morgan fingerprint density at radius 2 is 2.21 bits per heavy atom. The Labute approximate surface area is 114 Å². The molecule has 0 aliphatic heterocycles. The Morgan fingerprint density at radius 3 is 2.84 bits per heavy atom. The van der Waals surface area contributed by atoms with Gasteiger partial charge in [0.1, 0.15) is 0 Å². The lowest BCUT2D eigenvalue weighted by molar-refractivity contribution is 0.574. The summed E-state index contributed by atoms with van der Waals surface area (Å²) >= 11 is 0. The van der Waals surface area contributed by atoms with E-state index in [1.54, 1.807) is 4.68 Å². The molecule has 2 N–H and O–H groups in total. The van der Waals surface area contributed by atoms with Gasteiger partial charge >= 0.3 is 0 Å². The van der Waals surface area contributed by atoms with Crippen molar-refractivity contribution in [2.75, 3.05) is 18.8 Å². The van der Waals surface area contributed by atoms with Crippen LogP contribution in [-0.2, 0) is 23.5 Å². The van der Waals surface area contributed by atoms with E-state index in [2.05, 4.69) is 15.1 Å². The third-order valence-electron chi connectivity index (χ3n) is 3.07. The SMILES string of the molecule is Cn1ccc(CCNS(=O)(=O)CCCNC2CC2)n1. The van der Waals surface area contributed by atoms with Crippen molar-refractivity contribution in [2.24, 2.45) is 7.05 Å². The maximum absolute atomic E-state index is 11.7. The molecule has 7 heteroatoms. The normalized spacial score (nSPS) is 15.8. The largest absolute Gasteiger partial charge is 0.314 e. The molecule has 1 heterocycles. The second kappa shape index (κ2) is 6.49. The first kappa shape index (κ1) is 14.5. The van der Waals surface area contributed by atoms with Crippen molar-refractivity contribution < 1.29 is 8.42 Å². The number of aromatic nitrogens is 2. The van der Waals surface area contributed by atoms with Gasteiger partial charge < -0.3 is 5.32 Å². The van der Waals surface area contributed by atoms with Crippen LogP contribution in [0.5, 0.6) is 0 Å². The molecule has 1 aliphatic carbocycles. The van der Waals surface area contributed by atoms with Crippen LogP contribution in [0.1, 0.15) is 25.0 Å². The molecule has 0 bridgehead atoms. The quantitative estimate of drug-likeness (QED) is 0.628. The van der Waals surface area contributed by atoms with E-state index in [1.807, 2.05) is 19.3 Å². The highest BCUT2D eigenvalue weighted by atomic mass is 32.2. The number of nitrogens with one attached hydrogen (secondary N) is 2. The van der Waals surface area contributed by atoms with Crippen LogP contribution in [0.15, 0.2) is 12.3 Å². The van der Waals surface area contributed by atoms with E-state index < -0.39 is 10.0 Å². The van der Waals surface area contributed by atoms with Crippen LogP contribution >= 0.6 is 0 Å². The van der Waals surface area contributed by atoms with E-state index in [4.69, 9.17) is 0 Å². The minimum atomic E-state index is -3.15. The zero-order chi connectivity index (χ0) is 13.7. The lowest BCUT2D eigenvalue weighted by atomic mass is 10.3. The van der Waals surface area contributed by atoms with Crippen LogP contribution in [0.2, 0.25) is 0 Å². The number of rotatable bonds is 9. The summed E-state index contributed by atoms with van der Waals surface area (Å²) in [6.45, 7) is 1.20. The molecule has 19 heavy (non-hydrogen) atoms. The summed E-state index contributed by atoms with van der Waals surface area (Å²) < 4.78 is 27.8. The van der Waals surface area contributed by atoms with Crippen molar-refractivity contribution >= 4 is 10.0 Å². The Morgan fingerprint density at radius 1 is 1.42 bits per heavy atom. The first-order valence-electron chi connectivity index (χ1n) is 6.74. The maximum atomic E-state index is 11.7. The van der Waals surface area contributed by atoms with Crippen LogP contribution < -0.4 is 10.0 Å². The van der Waals surface area contributed by atoms with Gasteiger partial charge in [-0.2, -0.15) is 5.10 Å². The van der Waals surface area contributed by atoms with Gasteiger partial charge in [0.05, 0.1) is 11.4 Å². The summed E-state index contributed by atoms with van der Waals surface area (Å²) in [6, 6.07) is 2.54. The molecule has 1 aromatic heterocycles. The molecule has 0 aromatic carbocycles. The van der Waals surface area contributed by atoms with Crippen molar-refractivity contribution in [1.82, 2.24) is 19.8 Å². The molecule has 0 radical (unpaired) electrons. The van der Waals surface area contributed by atoms with Crippen LogP contribution in [0.3, 0.4) is 0 Å². The van der Waals surface area contributed by atoms with E-state index >= 15 is 0 Å². The topological polar surface area (TPSA) is 76.0 Å². The third kappa shape index (κ3) is 5.71. The Kier molecular flexibility index (Phi) is 4.95. The Balaban J connectivity index is 1.59. The summed E-state index contributed by atoms with van der Waals surface area (Å²) in [4.78, 5) is 0. The van der Waals surface area contributed by atoms with E-state index in [1.165, 1.54) is 12.8 Å². The Bertz CT molecular complexity index is 494. The summed E-state index contributed by atoms with van der Waals surface area (Å²) in [7, 11) is -1.30. The summed E-state index contributed by atoms with van der Waals surface area (Å²) in [5, 5.41) is 7.51. The zero-order valence-corrected chi connectivity index (χ0v) is 12.1. The predicted octanol–water partition coefficient (Wildman–Crippen LogP) is 0.0241. The molecule has 2 rings (SSSR count). The summed E-state index contributed by atoms with van der Waals surface area (Å²) in [5.41, 5.74) is 0.903. The second-order valence-electron chi connectivity index (χ2n) is 5.03. The van der Waals surface area contributed by atoms with Crippen molar-refractivity contribution in [1.29, 1.82) is 0 Å². The minimum absolute atomic E-state index is 0.189. The number of sulfonamides is 1.